The smallest absolute Gasteiger partial charge is 0.258 e. The number of amides is 1. The lowest BCUT2D eigenvalue weighted by Crippen LogP contribution is -2.14. The molecule has 2 aromatic carbocycles. The van der Waals surface area contributed by atoms with Crippen molar-refractivity contribution in [3.05, 3.63) is 64.7 Å². The molecule has 0 bridgehead atoms. The molecule has 0 aromatic heterocycles. The van der Waals surface area contributed by atoms with Crippen LogP contribution in [0.3, 0.4) is 0 Å². The lowest BCUT2D eigenvalue weighted by molar-refractivity contribution is 0.102. The largest absolute Gasteiger partial charge is 0.318 e. The van der Waals surface area contributed by atoms with Crippen LogP contribution >= 0.6 is 11.6 Å². The van der Waals surface area contributed by atoms with Gasteiger partial charge in [0, 0.05) is 0 Å². The second-order valence-electron chi connectivity index (χ2n) is 3.53. The maximum atomic E-state index is 13.4. The van der Waals surface area contributed by atoms with Gasteiger partial charge in [-0.3, -0.25) is 4.79 Å². The highest BCUT2D eigenvalue weighted by molar-refractivity contribution is 6.34. The Labute approximate surface area is 107 Å². The van der Waals surface area contributed by atoms with Crippen LogP contribution in [0.1, 0.15) is 10.4 Å². The van der Waals surface area contributed by atoms with Crippen LogP contribution in [-0.2, 0) is 0 Å². The van der Waals surface area contributed by atoms with Gasteiger partial charge in [-0.15, -0.1) is 0 Å². The molecule has 0 aliphatic rings. The van der Waals surface area contributed by atoms with Gasteiger partial charge in [0.2, 0.25) is 0 Å². The third-order valence-corrected chi connectivity index (χ3v) is 2.63. The van der Waals surface area contributed by atoms with E-state index in [9.17, 15) is 13.6 Å². The number of nitrogens with one attached hydrogen (secondary N) is 1. The van der Waals surface area contributed by atoms with E-state index in [0.29, 0.717) is 0 Å². The Morgan fingerprint density at radius 3 is 2.33 bits per heavy atom. The zero-order valence-electron chi connectivity index (χ0n) is 9.08. The Hall–Kier alpha value is -1.94. The van der Waals surface area contributed by atoms with Crippen LogP contribution in [0.5, 0.6) is 0 Å². The second-order valence-corrected chi connectivity index (χ2v) is 3.94. The molecule has 0 aliphatic heterocycles. The van der Waals surface area contributed by atoms with Crippen molar-refractivity contribution in [3.8, 4) is 0 Å². The molecule has 1 amide bonds. The third-order valence-electron chi connectivity index (χ3n) is 2.32. The molecule has 0 radical (unpaired) electrons. The summed E-state index contributed by atoms with van der Waals surface area (Å²) in [5.74, 6) is -2.10. The SMILES string of the molecule is O=C(Nc1c(F)cccc1Cl)c1ccccc1F. The second kappa shape index (κ2) is 5.14. The molecule has 0 unspecified atom stereocenters. The Morgan fingerprint density at radius 1 is 1.00 bits per heavy atom. The summed E-state index contributed by atoms with van der Waals surface area (Å²) in [5, 5.41) is 2.30. The summed E-state index contributed by atoms with van der Waals surface area (Å²) in [7, 11) is 0. The van der Waals surface area contributed by atoms with E-state index < -0.39 is 17.5 Å². The fourth-order valence-electron chi connectivity index (χ4n) is 1.44. The lowest BCUT2D eigenvalue weighted by atomic mass is 10.2. The monoisotopic (exact) mass is 267 g/mol. The van der Waals surface area contributed by atoms with Gasteiger partial charge in [-0.2, -0.15) is 0 Å². The number of carbonyl (C=O) groups excluding carboxylic acids is 1. The normalized spacial score (nSPS) is 10.2. The molecule has 0 aliphatic carbocycles. The average Bonchev–Trinajstić information content (AvgIpc) is 2.34. The number of rotatable bonds is 2. The molecule has 0 spiro atoms. The van der Waals surface area contributed by atoms with Crippen LogP contribution in [0.2, 0.25) is 5.02 Å². The van der Waals surface area contributed by atoms with Gasteiger partial charge >= 0.3 is 0 Å². The van der Waals surface area contributed by atoms with E-state index in [1.165, 1.54) is 30.3 Å². The van der Waals surface area contributed by atoms with Gasteiger partial charge in [-0.1, -0.05) is 29.8 Å². The standard InChI is InChI=1S/C13H8ClF2NO/c14-9-5-3-7-11(16)12(9)17-13(18)8-4-1-2-6-10(8)15/h1-7H,(H,17,18). The van der Waals surface area contributed by atoms with Crippen molar-refractivity contribution in [2.24, 2.45) is 0 Å². The van der Waals surface area contributed by atoms with E-state index in [2.05, 4.69) is 5.32 Å². The molecular weight excluding hydrogens is 260 g/mol. The van der Waals surface area contributed by atoms with E-state index >= 15 is 0 Å². The van der Waals surface area contributed by atoms with E-state index in [1.54, 1.807) is 0 Å². The fourth-order valence-corrected chi connectivity index (χ4v) is 1.65. The van der Waals surface area contributed by atoms with Crippen molar-refractivity contribution in [1.82, 2.24) is 0 Å². The molecule has 0 atom stereocenters. The molecular formula is C13H8ClF2NO. The molecule has 5 heteroatoms. The van der Waals surface area contributed by atoms with Gasteiger partial charge in [-0.05, 0) is 24.3 Å². The molecule has 18 heavy (non-hydrogen) atoms. The molecule has 0 fully saturated rings. The maximum Gasteiger partial charge on any atom is 0.258 e. The number of carbonyl (C=O) groups is 1. The molecule has 2 aromatic rings. The van der Waals surface area contributed by atoms with Crippen LogP contribution in [-0.4, -0.2) is 5.91 Å². The predicted molar refractivity (Wildman–Crippen MR) is 65.8 cm³/mol. The minimum absolute atomic E-state index is 0.0553. The molecule has 0 saturated carbocycles. The summed E-state index contributed by atoms with van der Waals surface area (Å²) in [6, 6.07) is 9.43. The van der Waals surface area contributed by atoms with Crippen molar-refractivity contribution < 1.29 is 13.6 Å². The van der Waals surface area contributed by atoms with Crippen molar-refractivity contribution in [2.75, 3.05) is 5.32 Å². The minimum Gasteiger partial charge on any atom is -0.318 e. The van der Waals surface area contributed by atoms with Crippen molar-refractivity contribution in [1.29, 1.82) is 0 Å². The molecule has 92 valence electrons. The average molecular weight is 268 g/mol. The first-order valence-electron chi connectivity index (χ1n) is 5.09. The third kappa shape index (κ3) is 2.49. The van der Waals surface area contributed by atoms with Crippen LogP contribution in [0.25, 0.3) is 0 Å². The Morgan fingerprint density at radius 2 is 1.67 bits per heavy atom. The first-order valence-corrected chi connectivity index (χ1v) is 5.47. The fraction of sp³-hybridized carbons (Fsp3) is 0. The summed E-state index contributed by atoms with van der Waals surface area (Å²) in [4.78, 5) is 11.8. The Balaban J connectivity index is 2.30. The number of halogens is 3. The molecule has 2 rings (SSSR count). The molecule has 2 nitrogen and oxygen atoms in total. The first-order chi connectivity index (χ1) is 8.59. The highest BCUT2D eigenvalue weighted by atomic mass is 35.5. The van der Waals surface area contributed by atoms with Crippen molar-refractivity contribution in [2.45, 2.75) is 0 Å². The van der Waals surface area contributed by atoms with Gasteiger partial charge < -0.3 is 5.32 Å². The lowest BCUT2D eigenvalue weighted by Gasteiger charge is -2.08. The van der Waals surface area contributed by atoms with Gasteiger partial charge in [0.05, 0.1) is 16.3 Å². The number of hydrogen-bond donors (Lipinski definition) is 1. The van der Waals surface area contributed by atoms with Crippen LogP contribution in [0.4, 0.5) is 14.5 Å². The van der Waals surface area contributed by atoms with Crippen LogP contribution in [0, 0.1) is 11.6 Å². The molecule has 1 N–H and O–H groups in total. The van der Waals surface area contributed by atoms with Crippen molar-refractivity contribution >= 4 is 23.2 Å². The zero-order valence-corrected chi connectivity index (χ0v) is 9.84. The zero-order chi connectivity index (χ0) is 13.1. The predicted octanol–water partition coefficient (Wildman–Crippen LogP) is 3.87. The quantitative estimate of drug-likeness (QED) is 0.879. The first kappa shape index (κ1) is 12.5. The number of anilines is 1. The maximum absolute atomic E-state index is 13.4. The number of para-hydroxylation sites is 1. The Kier molecular flexibility index (Phi) is 3.58. The van der Waals surface area contributed by atoms with E-state index in [1.807, 2.05) is 0 Å². The van der Waals surface area contributed by atoms with E-state index in [-0.39, 0.29) is 16.3 Å². The van der Waals surface area contributed by atoms with Crippen molar-refractivity contribution in [3.63, 3.8) is 0 Å². The Bertz CT molecular complexity index is 581. The van der Waals surface area contributed by atoms with Crippen LogP contribution < -0.4 is 5.32 Å². The summed E-state index contributed by atoms with van der Waals surface area (Å²) < 4.78 is 26.8. The van der Waals surface area contributed by atoms with Gasteiger partial charge in [0.15, 0.2) is 0 Å². The summed E-state index contributed by atoms with van der Waals surface area (Å²) in [6.45, 7) is 0. The summed E-state index contributed by atoms with van der Waals surface area (Å²) in [5.41, 5.74) is -0.329. The molecule has 0 heterocycles. The van der Waals surface area contributed by atoms with Gasteiger partial charge in [0.1, 0.15) is 11.6 Å². The minimum atomic E-state index is -0.750. The highest BCUT2D eigenvalue weighted by Crippen LogP contribution is 2.25. The number of benzene rings is 2. The van der Waals surface area contributed by atoms with Crippen LogP contribution in [0.15, 0.2) is 42.5 Å². The molecule has 0 saturated heterocycles. The van der Waals surface area contributed by atoms with E-state index in [4.69, 9.17) is 11.6 Å². The van der Waals surface area contributed by atoms with E-state index in [0.717, 1.165) is 12.1 Å². The van der Waals surface area contributed by atoms with Gasteiger partial charge in [0.25, 0.3) is 5.91 Å². The topological polar surface area (TPSA) is 29.1 Å². The number of hydrogen-bond acceptors (Lipinski definition) is 1. The summed E-state index contributed by atoms with van der Waals surface area (Å²) in [6.07, 6.45) is 0. The summed E-state index contributed by atoms with van der Waals surface area (Å²) >= 11 is 5.75. The van der Waals surface area contributed by atoms with Gasteiger partial charge in [-0.25, -0.2) is 8.78 Å². The highest BCUT2D eigenvalue weighted by Gasteiger charge is 2.14.